The summed E-state index contributed by atoms with van der Waals surface area (Å²) in [5, 5.41) is 4.87. The van der Waals surface area contributed by atoms with Crippen molar-refractivity contribution in [2.24, 2.45) is 12.0 Å². The van der Waals surface area contributed by atoms with Gasteiger partial charge >= 0.3 is 5.97 Å². The number of benzene rings is 1. The van der Waals surface area contributed by atoms with Gasteiger partial charge in [0.15, 0.2) is 0 Å². The van der Waals surface area contributed by atoms with Gasteiger partial charge in [-0.05, 0) is 36.5 Å². The minimum Gasteiger partial charge on any atom is -0.465 e. The molecule has 1 fully saturated rings. The van der Waals surface area contributed by atoms with Gasteiger partial charge in [0, 0.05) is 18.0 Å². The van der Waals surface area contributed by atoms with E-state index in [1.807, 2.05) is 12.1 Å². The number of nitrogens with zero attached hydrogens (tertiary/aromatic N) is 2. The Morgan fingerprint density at radius 3 is 2.72 bits per heavy atom. The van der Waals surface area contributed by atoms with Crippen molar-refractivity contribution in [1.82, 2.24) is 9.88 Å². The molecular formula is C24H27N3O2. The van der Waals surface area contributed by atoms with E-state index in [1.54, 1.807) is 0 Å². The first-order valence-electron chi connectivity index (χ1n) is 10.6. The molecule has 1 N–H and O–H groups in total. The largest absolute Gasteiger partial charge is 0.465 e. The van der Waals surface area contributed by atoms with Crippen LogP contribution in [0, 0.1) is 0 Å². The van der Waals surface area contributed by atoms with Crippen molar-refractivity contribution in [1.29, 1.82) is 0 Å². The molecule has 2 aliphatic carbocycles. The highest BCUT2D eigenvalue weighted by Crippen LogP contribution is 2.40. The van der Waals surface area contributed by atoms with E-state index in [9.17, 15) is 4.79 Å². The number of carbonyl (C=O) groups is 1. The number of aliphatic imine (C=N–C) groups is 1. The van der Waals surface area contributed by atoms with Crippen molar-refractivity contribution in [2.75, 3.05) is 7.11 Å². The number of ether oxygens (including phenoxy) is 1. The zero-order valence-electron chi connectivity index (χ0n) is 17.0. The lowest BCUT2D eigenvalue weighted by Crippen LogP contribution is -2.34. The van der Waals surface area contributed by atoms with Crippen LogP contribution in [0.4, 0.5) is 0 Å². The van der Waals surface area contributed by atoms with Gasteiger partial charge in [-0.3, -0.25) is 4.99 Å². The van der Waals surface area contributed by atoms with Gasteiger partial charge in [0.2, 0.25) is 0 Å². The minimum atomic E-state index is -0.300. The molecule has 1 saturated carbocycles. The van der Waals surface area contributed by atoms with Crippen molar-refractivity contribution in [2.45, 2.75) is 50.1 Å². The molecule has 1 aliphatic heterocycles. The van der Waals surface area contributed by atoms with Gasteiger partial charge in [-0.2, -0.15) is 0 Å². The van der Waals surface area contributed by atoms with Crippen molar-refractivity contribution in [3.8, 4) is 0 Å². The Morgan fingerprint density at radius 2 is 1.97 bits per heavy atom. The number of esters is 1. The molecule has 2 heterocycles. The van der Waals surface area contributed by atoms with Gasteiger partial charge in [0.25, 0.3) is 0 Å². The molecule has 0 radical (unpaired) electrons. The molecule has 1 aromatic heterocycles. The molecule has 2 aromatic rings. The van der Waals surface area contributed by atoms with E-state index in [4.69, 9.17) is 9.73 Å². The highest BCUT2D eigenvalue weighted by atomic mass is 16.5. The Hall–Kier alpha value is -2.82. The molecule has 2 unspecified atom stereocenters. The van der Waals surface area contributed by atoms with Crippen LogP contribution in [0.5, 0.6) is 0 Å². The molecule has 1 aromatic carbocycles. The maximum atomic E-state index is 12.1. The topological polar surface area (TPSA) is 55.6 Å². The number of aromatic nitrogens is 1. The van der Waals surface area contributed by atoms with Gasteiger partial charge in [0.1, 0.15) is 5.84 Å². The third kappa shape index (κ3) is 3.00. The summed E-state index contributed by atoms with van der Waals surface area (Å²) in [6.45, 7) is 0. The second-order valence-corrected chi connectivity index (χ2v) is 8.29. The maximum Gasteiger partial charge on any atom is 0.337 e. The number of aryl methyl sites for hydroxylation is 1. The first-order chi connectivity index (χ1) is 14.2. The molecule has 150 valence electrons. The first-order valence-corrected chi connectivity index (χ1v) is 10.6. The Morgan fingerprint density at radius 1 is 1.17 bits per heavy atom. The predicted molar refractivity (Wildman–Crippen MR) is 116 cm³/mol. The lowest BCUT2D eigenvalue weighted by atomic mass is 9.82. The molecule has 29 heavy (non-hydrogen) atoms. The lowest BCUT2D eigenvalue weighted by molar-refractivity contribution is 0.0601. The third-order valence-electron chi connectivity index (χ3n) is 6.59. The number of hydrogen-bond donors (Lipinski definition) is 1. The van der Waals surface area contributed by atoms with Crippen molar-refractivity contribution in [3.63, 3.8) is 0 Å². The van der Waals surface area contributed by atoms with E-state index in [1.165, 1.54) is 55.9 Å². The molecule has 0 saturated heterocycles. The number of fused-ring (bicyclic) bond motifs is 2. The Bertz CT molecular complexity index is 1050. The van der Waals surface area contributed by atoms with Crippen LogP contribution >= 0.6 is 0 Å². The van der Waals surface area contributed by atoms with Gasteiger partial charge in [-0.1, -0.05) is 49.6 Å². The smallest absolute Gasteiger partial charge is 0.337 e. The summed E-state index contributed by atoms with van der Waals surface area (Å²) in [5.41, 5.74) is 4.21. The summed E-state index contributed by atoms with van der Waals surface area (Å²) in [4.78, 5) is 17.1. The molecule has 5 nitrogen and oxygen atoms in total. The maximum absolute atomic E-state index is 12.1. The Kier molecular flexibility index (Phi) is 4.53. The highest BCUT2D eigenvalue weighted by molar-refractivity contribution is 6.07. The van der Waals surface area contributed by atoms with Crippen LogP contribution in [0.25, 0.3) is 10.9 Å². The van der Waals surface area contributed by atoms with Crippen LogP contribution in [0.2, 0.25) is 0 Å². The van der Waals surface area contributed by atoms with E-state index in [0.29, 0.717) is 11.5 Å². The number of nitrogens with one attached hydrogen (secondary N) is 1. The normalized spacial score (nSPS) is 23.7. The van der Waals surface area contributed by atoms with Crippen LogP contribution < -0.4 is 5.32 Å². The zero-order chi connectivity index (χ0) is 20.0. The SMILES string of the molecule is COC(=O)c1ccc2c(C3CCCCC3)c(C3=NC4C=CC=CC4N3)n(C)c2c1. The summed E-state index contributed by atoms with van der Waals surface area (Å²) in [6, 6.07) is 6.31. The average molecular weight is 389 g/mol. The van der Waals surface area contributed by atoms with Gasteiger partial charge in [-0.15, -0.1) is 0 Å². The van der Waals surface area contributed by atoms with E-state index >= 15 is 0 Å². The quantitative estimate of drug-likeness (QED) is 0.800. The summed E-state index contributed by atoms with van der Waals surface area (Å²) in [5.74, 6) is 1.20. The van der Waals surface area contributed by atoms with Gasteiger partial charge in [-0.25, -0.2) is 4.79 Å². The molecular weight excluding hydrogens is 362 g/mol. The van der Waals surface area contributed by atoms with E-state index < -0.39 is 0 Å². The van der Waals surface area contributed by atoms with E-state index in [0.717, 1.165) is 11.4 Å². The fraction of sp³-hybridized carbons (Fsp3) is 0.417. The minimum absolute atomic E-state index is 0.151. The number of hydrogen-bond acceptors (Lipinski definition) is 4. The summed E-state index contributed by atoms with van der Waals surface area (Å²) in [7, 11) is 3.51. The summed E-state index contributed by atoms with van der Waals surface area (Å²) < 4.78 is 7.15. The van der Waals surface area contributed by atoms with E-state index in [2.05, 4.69) is 47.3 Å². The van der Waals surface area contributed by atoms with Crippen molar-refractivity contribution in [3.05, 3.63) is 59.3 Å². The zero-order valence-corrected chi connectivity index (χ0v) is 17.0. The standard InChI is InChI=1S/C24H27N3O2/c1-27-20-14-16(24(28)29-2)12-13-17(20)21(15-8-4-3-5-9-15)22(27)23-25-18-10-6-7-11-19(18)26-23/h6-7,10-15,18-19H,3-5,8-9H2,1-2H3,(H,25,26). The third-order valence-corrected chi connectivity index (χ3v) is 6.59. The van der Waals surface area contributed by atoms with Crippen molar-refractivity contribution < 1.29 is 9.53 Å². The van der Waals surface area contributed by atoms with Crippen LogP contribution in [-0.4, -0.2) is 35.6 Å². The monoisotopic (exact) mass is 389 g/mol. The predicted octanol–water partition coefficient (Wildman–Crippen LogP) is 4.23. The highest BCUT2D eigenvalue weighted by Gasteiger charge is 2.33. The first kappa shape index (κ1) is 18.2. The summed E-state index contributed by atoms with van der Waals surface area (Å²) >= 11 is 0. The van der Waals surface area contributed by atoms with Gasteiger partial charge in [0.05, 0.1) is 30.5 Å². The molecule has 2 atom stereocenters. The molecule has 0 amide bonds. The number of carbonyl (C=O) groups excluding carboxylic acids is 1. The van der Waals surface area contributed by atoms with Crippen LogP contribution in [-0.2, 0) is 11.8 Å². The number of methoxy groups -OCH3 is 1. The lowest BCUT2D eigenvalue weighted by Gasteiger charge is -2.23. The Balaban J connectivity index is 1.68. The Labute approximate surface area is 171 Å². The number of amidine groups is 1. The second-order valence-electron chi connectivity index (χ2n) is 8.29. The fourth-order valence-corrected chi connectivity index (χ4v) is 5.13. The van der Waals surface area contributed by atoms with Crippen LogP contribution in [0.1, 0.15) is 59.6 Å². The molecule has 5 heteroatoms. The molecule has 5 rings (SSSR count). The number of allylic oxidation sites excluding steroid dienone is 2. The second kappa shape index (κ2) is 7.21. The van der Waals surface area contributed by atoms with Crippen molar-refractivity contribution >= 4 is 22.7 Å². The average Bonchev–Trinajstić information content (AvgIpc) is 3.32. The molecule has 0 bridgehead atoms. The number of rotatable bonds is 3. The van der Waals surface area contributed by atoms with Crippen LogP contribution in [0.3, 0.4) is 0 Å². The van der Waals surface area contributed by atoms with Gasteiger partial charge < -0.3 is 14.6 Å². The molecule has 3 aliphatic rings. The van der Waals surface area contributed by atoms with E-state index in [-0.39, 0.29) is 18.1 Å². The fourth-order valence-electron chi connectivity index (χ4n) is 5.13. The van der Waals surface area contributed by atoms with Crippen LogP contribution in [0.15, 0.2) is 47.5 Å². The summed E-state index contributed by atoms with van der Waals surface area (Å²) in [6.07, 6.45) is 14.8. The molecule has 0 spiro atoms.